The summed E-state index contributed by atoms with van der Waals surface area (Å²) in [6.45, 7) is 0.472. The van der Waals surface area contributed by atoms with Crippen LogP contribution in [0.2, 0.25) is 0 Å². The molecule has 0 bridgehead atoms. The fraction of sp³-hybridized carbons (Fsp3) is 0.250. The van der Waals surface area contributed by atoms with Crippen LogP contribution in [-0.2, 0) is 9.59 Å². The van der Waals surface area contributed by atoms with Gasteiger partial charge in [-0.15, -0.1) is 0 Å². The van der Waals surface area contributed by atoms with Gasteiger partial charge in [0.2, 0.25) is 5.91 Å². The SMILES string of the molecule is COc1cc(C=O)ccc1OCC(=O)Nc1cccc(N2CCCC2=O)c1. The first-order valence-electron chi connectivity index (χ1n) is 8.57. The molecule has 1 heterocycles. The molecule has 0 unspecified atom stereocenters. The van der Waals surface area contributed by atoms with E-state index in [2.05, 4.69) is 5.32 Å². The third-order valence-corrected chi connectivity index (χ3v) is 4.20. The van der Waals surface area contributed by atoms with Gasteiger partial charge in [-0.2, -0.15) is 0 Å². The molecule has 0 saturated carbocycles. The van der Waals surface area contributed by atoms with Crippen molar-refractivity contribution in [2.45, 2.75) is 12.8 Å². The summed E-state index contributed by atoms with van der Waals surface area (Å²) in [6.07, 6.45) is 2.10. The lowest BCUT2D eigenvalue weighted by Crippen LogP contribution is -2.24. The van der Waals surface area contributed by atoms with Crippen molar-refractivity contribution in [2.75, 3.05) is 30.5 Å². The quantitative estimate of drug-likeness (QED) is 0.760. The number of carbonyl (C=O) groups excluding carboxylic acids is 3. The van der Waals surface area contributed by atoms with Crippen LogP contribution < -0.4 is 19.7 Å². The van der Waals surface area contributed by atoms with Crippen LogP contribution in [0.4, 0.5) is 11.4 Å². The van der Waals surface area contributed by atoms with Crippen molar-refractivity contribution in [3.05, 3.63) is 48.0 Å². The Labute approximate surface area is 156 Å². The standard InChI is InChI=1S/C20H20N2O5/c1-26-18-10-14(12-23)7-8-17(18)27-13-19(24)21-15-4-2-5-16(11-15)22-9-3-6-20(22)25/h2,4-5,7-8,10-12H,3,6,9,13H2,1H3,(H,21,24). The average molecular weight is 368 g/mol. The molecule has 27 heavy (non-hydrogen) atoms. The Morgan fingerprint density at radius 2 is 2.07 bits per heavy atom. The third kappa shape index (κ3) is 4.44. The molecule has 1 aliphatic heterocycles. The summed E-state index contributed by atoms with van der Waals surface area (Å²) in [5, 5.41) is 2.75. The van der Waals surface area contributed by atoms with Crippen molar-refractivity contribution in [1.82, 2.24) is 0 Å². The van der Waals surface area contributed by atoms with Crippen LogP contribution in [0.25, 0.3) is 0 Å². The van der Waals surface area contributed by atoms with E-state index in [1.54, 1.807) is 35.2 Å². The fourth-order valence-corrected chi connectivity index (χ4v) is 2.89. The number of hydrogen-bond donors (Lipinski definition) is 1. The zero-order chi connectivity index (χ0) is 19.2. The van der Waals surface area contributed by atoms with Gasteiger partial charge < -0.3 is 19.7 Å². The minimum atomic E-state index is -0.346. The van der Waals surface area contributed by atoms with E-state index >= 15 is 0 Å². The first kappa shape index (κ1) is 18.4. The summed E-state index contributed by atoms with van der Waals surface area (Å²) in [5.41, 5.74) is 1.81. The number of nitrogens with one attached hydrogen (secondary N) is 1. The van der Waals surface area contributed by atoms with Gasteiger partial charge >= 0.3 is 0 Å². The molecule has 0 aromatic heterocycles. The molecule has 3 rings (SSSR count). The number of nitrogens with zero attached hydrogens (tertiary/aromatic N) is 1. The maximum absolute atomic E-state index is 12.2. The zero-order valence-corrected chi connectivity index (χ0v) is 14.9. The maximum Gasteiger partial charge on any atom is 0.262 e. The Hall–Kier alpha value is -3.35. The number of ether oxygens (including phenoxy) is 2. The highest BCUT2D eigenvalue weighted by atomic mass is 16.5. The van der Waals surface area contributed by atoms with Crippen molar-refractivity contribution < 1.29 is 23.9 Å². The second-order valence-corrected chi connectivity index (χ2v) is 6.06. The minimum Gasteiger partial charge on any atom is -0.493 e. The molecule has 7 heteroatoms. The lowest BCUT2D eigenvalue weighted by Gasteiger charge is -2.17. The van der Waals surface area contributed by atoms with Crippen molar-refractivity contribution in [1.29, 1.82) is 0 Å². The van der Waals surface area contributed by atoms with Crippen LogP contribution in [0, 0.1) is 0 Å². The van der Waals surface area contributed by atoms with Crippen molar-refractivity contribution in [3.8, 4) is 11.5 Å². The third-order valence-electron chi connectivity index (χ3n) is 4.20. The number of benzene rings is 2. The van der Waals surface area contributed by atoms with Crippen LogP contribution in [0.1, 0.15) is 23.2 Å². The number of aldehydes is 1. The Bertz CT molecular complexity index is 865. The van der Waals surface area contributed by atoms with E-state index in [9.17, 15) is 14.4 Å². The molecule has 2 aromatic carbocycles. The number of methoxy groups -OCH3 is 1. The van der Waals surface area contributed by atoms with Gasteiger partial charge in [-0.3, -0.25) is 14.4 Å². The van der Waals surface area contributed by atoms with E-state index in [0.29, 0.717) is 42.0 Å². The molecule has 1 aliphatic rings. The van der Waals surface area contributed by atoms with Crippen LogP contribution in [0.5, 0.6) is 11.5 Å². The molecular weight excluding hydrogens is 348 g/mol. The smallest absolute Gasteiger partial charge is 0.262 e. The van der Waals surface area contributed by atoms with E-state index in [1.807, 2.05) is 6.07 Å². The van der Waals surface area contributed by atoms with Gasteiger partial charge in [0.1, 0.15) is 6.29 Å². The average Bonchev–Trinajstić information content (AvgIpc) is 3.12. The Balaban J connectivity index is 1.61. The number of anilines is 2. The lowest BCUT2D eigenvalue weighted by atomic mass is 10.2. The van der Waals surface area contributed by atoms with Crippen molar-refractivity contribution in [2.24, 2.45) is 0 Å². The van der Waals surface area contributed by atoms with Crippen LogP contribution in [-0.4, -0.2) is 38.4 Å². The van der Waals surface area contributed by atoms with E-state index in [-0.39, 0.29) is 18.4 Å². The van der Waals surface area contributed by atoms with E-state index in [0.717, 1.165) is 12.1 Å². The monoisotopic (exact) mass is 368 g/mol. The summed E-state index contributed by atoms with van der Waals surface area (Å²) in [4.78, 5) is 36.6. The van der Waals surface area contributed by atoms with Crippen molar-refractivity contribution >= 4 is 29.5 Å². The number of amides is 2. The Kier molecular flexibility index (Phi) is 5.71. The fourth-order valence-electron chi connectivity index (χ4n) is 2.89. The normalized spacial score (nSPS) is 13.4. The Morgan fingerprint density at radius 1 is 1.22 bits per heavy atom. The number of rotatable bonds is 7. The first-order chi connectivity index (χ1) is 13.1. The van der Waals surface area contributed by atoms with Gasteiger partial charge in [-0.1, -0.05) is 6.07 Å². The molecular formula is C20H20N2O5. The van der Waals surface area contributed by atoms with Crippen molar-refractivity contribution in [3.63, 3.8) is 0 Å². The van der Waals surface area contributed by atoms with Gasteiger partial charge in [0.15, 0.2) is 18.1 Å². The van der Waals surface area contributed by atoms with Gasteiger partial charge in [-0.25, -0.2) is 0 Å². The Morgan fingerprint density at radius 3 is 2.78 bits per heavy atom. The summed E-state index contributed by atoms with van der Waals surface area (Å²) >= 11 is 0. The molecule has 0 radical (unpaired) electrons. The predicted octanol–water partition coefficient (Wildman–Crippen LogP) is 2.65. The first-order valence-corrected chi connectivity index (χ1v) is 8.57. The highest BCUT2D eigenvalue weighted by Gasteiger charge is 2.21. The van der Waals surface area contributed by atoms with E-state index in [4.69, 9.17) is 9.47 Å². The van der Waals surface area contributed by atoms with Gasteiger partial charge in [0, 0.05) is 29.9 Å². The molecule has 1 N–H and O–H groups in total. The number of hydrogen-bond acceptors (Lipinski definition) is 5. The summed E-state index contributed by atoms with van der Waals surface area (Å²) in [5.74, 6) is 0.491. The molecule has 2 aromatic rings. The molecule has 0 aliphatic carbocycles. The highest BCUT2D eigenvalue weighted by molar-refractivity contribution is 5.97. The van der Waals surface area contributed by atoms with Gasteiger partial charge in [0.05, 0.1) is 7.11 Å². The lowest BCUT2D eigenvalue weighted by molar-refractivity contribution is -0.118. The predicted molar refractivity (Wildman–Crippen MR) is 101 cm³/mol. The van der Waals surface area contributed by atoms with E-state index < -0.39 is 0 Å². The molecule has 0 atom stereocenters. The summed E-state index contributed by atoms with van der Waals surface area (Å²) in [7, 11) is 1.46. The molecule has 7 nitrogen and oxygen atoms in total. The number of carbonyl (C=O) groups is 3. The molecule has 1 saturated heterocycles. The van der Waals surface area contributed by atoms with Gasteiger partial charge in [-0.05, 0) is 42.8 Å². The van der Waals surface area contributed by atoms with Gasteiger partial charge in [0.25, 0.3) is 5.91 Å². The van der Waals surface area contributed by atoms with Crippen LogP contribution in [0.15, 0.2) is 42.5 Å². The second-order valence-electron chi connectivity index (χ2n) is 6.06. The highest BCUT2D eigenvalue weighted by Crippen LogP contribution is 2.28. The maximum atomic E-state index is 12.2. The van der Waals surface area contributed by atoms with Crippen LogP contribution in [0.3, 0.4) is 0 Å². The minimum absolute atomic E-state index is 0.0904. The largest absolute Gasteiger partial charge is 0.493 e. The molecule has 1 fully saturated rings. The topological polar surface area (TPSA) is 84.9 Å². The molecule has 2 amide bonds. The second kappa shape index (κ2) is 8.35. The zero-order valence-electron chi connectivity index (χ0n) is 14.9. The summed E-state index contributed by atoms with van der Waals surface area (Å²) in [6, 6.07) is 11.8. The molecule has 140 valence electrons. The molecule has 0 spiro atoms. The van der Waals surface area contributed by atoms with E-state index in [1.165, 1.54) is 13.2 Å². The van der Waals surface area contributed by atoms with Crippen LogP contribution >= 0.6 is 0 Å². The summed E-state index contributed by atoms with van der Waals surface area (Å²) < 4.78 is 10.7.